The molecular formula is C13H16N4. The highest BCUT2D eigenvalue weighted by molar-refractivity contribution is 5.36. The second-order valence-electron chi connectivity index (χ2n) is 4.40. The van der Waals surface area contributed by atoms with E-state index in [-0.39, 0.29) is 5.95 Å². The van der Waals surface area contributed by atoms with E-state index in [0.717, 1.165) is 11.1 Å². The Morgan fingerprint density at radius 1 is 1.00 bits per heavy atom. The van der Waals surface area contributed by atoms with E-state index in [0.29, 0.717) is 0 Å². The van der Waals surface area contributed by atoms with Crippen molar-refractivity contribution in [1.82, 2.24) is 9.97 Å². The summed E-state index contributed by atoms with van der Waals surface area (Å²) in [7, 11) is 0. The van der Waals surface area contributed by atoms with Crippen LogP contribution in [0.25, 0.3) is 0 Å². The van der Waals surface area contributed by atoms with E-state index in [1.807, 2.05) is 38.1 Å². The summed E-state index contributed by atoms with van der Waals surface area (Å²) in [6.07, 6.45) is 3.34. The molecule has 0 bridgehead atoms. The van der Waals surface area contributed by atoms with E-state index in [1.54, 1.807) is 12.4 Å². The number of rotatable bonds is 2. The summed E-state index contributed by atoms with van der Waals surface area (Å²) in [5.41, 5.74) is 14.3. The van der Waals surface area contributed by atoms with Crippen molar-refractivity contribution in [2.24, 2.45) is 5.73 Å². The number of nitrogens with two attached hydrogens (primary N) is 2. The highest BCUT2D eigenvalue weighted by Gasteiger charge is 2.24. The first kappa shape index (κ1) is 11.5. The van der Waals surface area contributed by atoms with Gasteiger partial charge in [-0.15, -0.1) is 0 Å². The highest BCUT2D eigenvalue weighted by atomic mass is 15.0. The van der Waals surface area contributed by atoms with Crippen LogP contribution in [-0.4, -0.2) is 9.97 Å². The molecule has 4 nitrogen and oxygen atoms in total. The number of hydrogen-bond donors (Lipinski definition) is 2. The Balaban J connectivity index is 2.41. The van der Waals surface area contributed by atoms with Crippen LogP contribution in [0.3, 0.4) is 0 Å². The molecule has 17 heavy (non-hydrogen) atoms. The van der Waals surface area contributed by atoms with Crippen LogP contribution in [0.2, 0.25) is 0 Å². The maximum absolute atomic E-state index is 6.34. The zero-order valence-corrected chi connectivity index (χ0v) is 10.0. The monoisotopic (exact) mass is 228 g/mol. The van der Waals surface area contributed by atoms with Gasteiger partial charge in [-0.3, -0.25) is 0 Å². The number of nitrogens with zero attached hydrogens (tertiary/aromatic N) is 2. The molecule has 1 atom stereocenters. The number of benzene rings is 1. The molecule has 88 valence electrons. The molecule has 1 aromatic carbocycles. The molecule has 0 unspecified atom stereocenters. The van der Waals surface area contributed by atoms with E-state index in [9.17, 15) is 0 Å². The average Bonchev–Trinajstić information content (AvgIpc) is 2.30. The van der Waals surface area contributed by atoms with Gasteiger partial charge >= 0.3 is 0 Å². The SMILES string of the molecule is Cc1ccc([C@](C)(N)c2cnc(N)nc2)cc1. The molecule has 0 saturated heterocycles. The fourth-order valence-corrected chi connectivity index (χ4v) is 1.67. The van der Waals surface area contributed by atoms with E-state index in [1.165, 1.54) is 5.56 Å². The predicted molar refractivity (Wildman–Crippen MR) is 68.3 cm³/mol. The van der Waals surface area contributed by atoms with Crippen LogP contribution in [0.1, 0.15) is 23.6 Å². The van der Waals surface area contributed by atoms with Crippen LogP contribution >= 0.6 is 0 Å². The first-order valence-electron chi connectivity index (χ1n) is 5.44. The number of nitrogen functional groups attached to an aromatic ring is 1. The third kappa shape index (κ3) is 2.26. The molecule has 0 saturated carbocycles. The number of aryl methyl sites for hydroxylation is 1. The van der Waals surface area contributed by atoms with Gasteiger partial charge in [-0.1, -0.05) is 29.8 Å². The van der Waals surface area contributed by atoms with Gasteiger partial charge in [-0.2, -0.15) is 0 Å². The lowest BCUT2D eigenvalue weighted by Crippen LogP contribution is -2.34. The third-order valence-corrected chi connectivity index (χ3v) is 2.92. The van der Waals surface area contributed by atoms with Crippen LogP contribution in [0.4, 0.5) is 5.95 Å². The lowest BCUT2D eigenvalue weighted by molar-refractivity contribution is 0.597. The van der Waals surface area contributed by atoms with Crippen molar-refractivity contribution < 1.29 is 0 Å². The van der Waals surface area contributed by atoms with Gasteiger partial charge in [-0.25, -0.2) is 9.97 Å². The molecule has 0 radical (unpaired) electrons. The Hall–Kier alpha value is -1.94. The van der Waals surface area contributed by atoms with Crippen LogP contribution in [0, 0.1) is 6.92 Å². The van der Waals surface area contributed by atoms with Crippen LogP contribution in [-0.2, 0) is 5.54 Å². The van der Waals surface area contributed by atoms with E-state index in [4.69, 9.17) is 11.5 Å². The molecule has 0 amide bonds. The van der Waals surface area contributed by atoms with Crippen molar-refractivity contribution >= 4 is 5.95 Å². The van der Waals surface area contributed by atoms with E-state index < -0.39 is 5.54 Å². The minimum absolute atomic E-state index is 0.258. The summed E-state index contributed by atoms with van der Waals surface area (Å²) in [5.74, 6) is 0.258. The highest BCUT2D eigenvalue weighted by Crippen LogP contribution is 2.25. The molecule has 1 aromatic heterocycles. The van der Waals surface area contributed by atoms with Crippen LogP contribution < -0.4 is 11.5 Å². The molecule has 0 spiro atoms. The summed E-state index contributed by atoms with van der Waals surface area (Å²) in [6.45, 7) is 3.98. The smallest absolute Gasteiger partial charge is 0.219 e. The first-order chi connectivity index (χ1) is 8.00. The van der Waals surface area contributed by atoms with E-state index >= 15 is 0 Å². The van der Waals surface area contributed by atoms with Gasteiger partial charge < -0.3 is 11.5 Å². The fraction of sp³-hybridized carbons (Fsp3) is 0.231. The predicted octanol–water partition coefficient (Wildman–Crippen LogP) is 1.59. The van der Waals surface area contributed by atoms with Crippen LogP contribution in [0.5, 0.6) is 0 Å². The number of anilines is 1. The molecule has 0 fully saturated rings. The van der Waals surface area contributed by atoms with Gasteiger partial charge in [0, 0.05) is 18.0 Å². The second-order valence-corrected chi connectivity index (χ2v) is 4.40. The summed E-state index contributed by atoms with van der Waals surface area (Å²) in [4.78, 5) is 7.95. The second kappa shape index (κ2) is 4.14. The molecular weight excluding hydrogens is 212 g/mol. The topological polar surface area (TPSA) is 77.8 Å². The summed E-state index contributed by atoms with van der Waals surface area (Å²) >= 11 is 0. The Morgan fingerprint density at radius 2 is 1.53 bits per heavy atom. The Morgan fingerprint density at radius 3 is 2.06 bits per heavy atom. The normalized spacial score (nSPS) is 14.3. The molecule has 1 heterocycles. The lowest BCUT2D eigenvalue weighted by atomic mass is 9.87. The maximum atomic E-state index is 6.34. The van der Waals surface area contributed by atoms with Crippen molar-refractivity contribution in [1.29, 1.82) is 0 Å². The molecule has 4 N–H and O–H groups in total. The van der Waals surface area contributed by atoms with Gasteiger partial charge in [0.2, 0.25) is 5.95 Å². The number of hydrogen-bond acceptors (Lipinski definition) is 4. The third-order valence-electron chi connectivity index (χ3n) is 2.92. The fourth-order valence-electron chi connectivity index (χ4n) is 1.67. The van der Waals surface area contributed by atoms with Gasteiger partial charge in [0.25, 0.3) is 0 Å². The summed E-state index contributed by atoms with van der Waals surface area (Å²) in [6, 6.07) is 8.12. The Kier molecular flexibility index (Phi) is 2.81. The van der Waals surface area contributed by atoms with Gasteiger partial charge in [0.15, 0.2) is 0 Å². The molecule has 0 aliphatic heterocycles. The Bertz CT molecular complexity index is 452. The van der Waals surface area contributed by atoms with E-state index in [2.05, 4.69) is 9.97 Å². The summed E-state index contributed by atoms with van der Waals surface area (Å²) in [5, 5.41) is 0. The zero-order chi connectivity index (χ0) is 12.5. The van der Waals surface area contributed by atoms with Crippen molar-refractivity contribution in [2.75, 3.05) is 5.73 Å². The van der Waals surface area contributed by atoms with Gasteiger partial charge in [0.1, 0.15) is 0 Å². The minimum Gasteiger partial charge on any atom is -0.368 e. The zero-order valence-electron chi connectivity index (χ0n) is 10.0. The van der Waals surface area contributed by atoms with Crippen LogP contribution in [0.15, 0.2) is 36.7 Å². The molecule has 0 aliphatic rings. The van der Waals surface area contributed by atoms with Crippen molar-refractivity contribution in [3.8, 4) is 0 Å². The Labute approximate surface area is 101 Å². The molecule has 4 heteroatoms. The minimum atomic E-state index is -0.610. The maximum Gasteiger partial charge on any atom is 0.219 e. The van der Waals surface area contributed by atoms with Crippen molar-refractivity contribution in [3.63, 3.8) is 0 Å². The lowest BCUT2D eigenvalue weighted by Gasteiger charge is -2.25. The van der Waals surface area contributed by atoms with Crippen molar-refractivity contribution in [3.05, 3.63) is 53.3 Å². The quantitative estimate of drug-likeness (QED) is 0.818. The molecule has 0 aliphatic carbocycles. The number of aromatic nitrogens is 2. The molecule has 2 rings (SSSR count). The first-order valence-corrected chi connectivity index (χ1v) is 5.44. The average molecular weight is 228 g/mol. The largest absolute Gasteiger partial charge is 0.368 e. The molecule has 2 aromatic rings. The van der Waals surface area contributed by atoms with Crippen molar-refractivity contribution in [2.45, 2.75) is 19.4 Å². The summed E-state index contributed by atoms with van der Waals surface area (Å²) < 4.78 is 0. The van der Waals surface area contributed by atoms with Gasteiger partial charge in [0.05, 0.1) is 5.54 Å². The van der Waals surface area contributed by atoms with Gasteiger partial charge in [-0.05, 0) is 19.4 Å². The standard InChI is InChI=1S/C13H16N4/c1-9-3-5-10(6-4-9)13(2,15)11-7-16-12(14)17-8-11/h3-8H,15H2,1-2H3,(H2,14,16,17)/t13-/m0/s1.